The summed E-state index contributed by atoms with van der Waals surface area (Å²) in [5.74, 6) is 5.77. The maximum absolute atomic E-state index is 9.74. The maximum Gasteiger partial charge on any atom is 0.160 e. The van der Waals surface area contributed by atoms with Crippen molar-refractivity contribution >= 4 is 212 Å². The standard InChI is InChI=1S/C10H12Br2N2O.2C10H13BrN2O2.3C10H13BrN2O.3C10H13BrN2/c1-6(13)14-3-2-7-4-8(11)5-9(12)10(7)15;1-6(12)13-3-2-7-4-8(11)5-9(14)10(7)15;1-6(12)13-5-10(15)7-2-3-8(11)9(14)4-7;1-7(12)13-6-10(14)8-2-4-9(11)5-3-8;1-7(12)13-3-2-8-4-9(11)6-10(14)5-8;1-7(12)13-5-4-8-6-9(14)2-3-10(8)11;1-8(12)13-7-6-9-2-4-10(11)5-3-9;1-8(12)13-6-5-9-3-2-4-10(11)7-9;1-8(12)13-7-6-9-4-2-3-5-10(9)11/h4-5,15H,2-3H2,1H3,(H2,13,14);4-5,14-15H,2-3H2,1H3,(H2,12,13);2-4,10,14-15H,5H2,1H3,(H2,12,13);2-5,10,14H,6H2,1H3,(H2,12,13);4-6,14H,2-3H2,1H3,(H2,12,13);2-3,6,14H,4-5H2,1H3,(H2,12,13);2-5H,6-7H2,1H3,(H2,12,13);2-4,7H,5-6H2,1H3,(H2,12,13);2-5H,6-7H2,1H3,(H2,12,13)/t;;2*10-;;;;;/m..00...../s1/i11-4,12-4;8*11-4. The Morgan fingerprint density at radius 2 is 0.627 bits per heavy atom. The maximum atomic E-state index is 9.74. The third-order valence-electron chi connectivity index (χ3n) is 15.9. The lowest BCUT2D eigenvalue weighted by Crippen LogP contribution is -2.09. The van der Waals surface area contributed by atoms with E-state index in [1.165, 1.54) is 28.8 Å². The summed E-state index contributed by atoms with van der Waals surface area (Å²) < 4.78 is 9.13. The second-order valence-electron chi connectivity index (χ2n) is 27.4. The largest absolute Gasteiger partial charge is 0.508 e. The molecule has 0 spiro atoms. The number of nitrogens with zero attached hydrogens (tertiary/aromatic N) is 9. The summed E-state index contributed by atoms with van der Waals surface area (Å²) in [7, 11) is 0. The molecule has 0 saturated carbocycles. The van der Waals surface area contributed by atoms with Gasteiger partial charge in [0.2, 0.25) is 0 Å². The summed E-state index contributed by atoms with van der Waals surface area (Å²) in [6.07, 6.45) is 4.23. The average molecular weight is 2340 g/mol. The number of benzene rings is 9. The van der Waals surface area contributed by atoms with Crippen molar-refractivity contribution in [3.05, 3.63) is 271 Å². The summed E-state index contributed by atoms with van der Waals surface area (Å²) in [5, 5.41) is 76.0. The van der Waals surface area contributed by atoms with Gasteiger partial charge in [0, 0.05) is 87.2 Å². The highest BCUT2D eigenvalue weighted by molar-refractivity contribution is 9.12. The van der Waals surface area contributed by atoms with Crippen molar-refractivity contribution in [1.29, 1.82) is 0 Å². The predicted molar refractivity (Wildman–Crippen MR) is 560 cm³/mol. The highest BCUT2D eigenvalue weighted by Gasteiger charge is 2.12. The Morgan fingerprint density at radius 1 is 0.254 bits per heavy atom. The van der Waals surface area contributed by atoms with Crippen LogP contribution in [0.3, 0.4) is 0 Å². The van der Waals surface area contributed by atoms with Crippen LogP contribution >= 0.6 is 159 Å². The van der Waals surface area contributed by atoms with Crippen molar-refractivity contribution in [3.63, 3.8) is 0 Å². The lowest BCUT2D eigenvalue weighted by atomic mass is 10.1. The third-order valence-corrected chi connectivity index (χ3v) is 21.6. The number of aliphatic imine (C=N–C) groups is 9. The number of aliphatic hydroxyl groups is 2. The van der Waals surface area contributed by atoms with E-state index in [4.69, 9.17) is 51.6 Å². The molecule has 0 unspecified atom stereocenters. The zero-order valence-corrected chi connectivity index (χ0v) is 87.6. The number of nitrogens with two attached hydrogens (primary N) is 9. The quantitative estimate of drug-likeness (QED) is 0.0129. The first-order chi connectivity index (χ1) is 59.3. The molecule has 9 rings (SSSR count). The average Bonchev–Trinajstić information content (AvgIpc) is 0.829. The van der Waals surface area contributed by atoms with Gasteiger partial charge in [-0.2, -0.15) is 0 Å². The smallest absolute Gasteiger partial charge is 0.160 e. The van der Waals surface area contributed by atoms with Gasteiger partial charge in [0.05, 0.1) is 86.8 Å². The molecule has 0 saturated heterocycles. The van der Waals surface area contributed by atoms with E-state index in [1.54, 1.807) is 104 Å². The van der Waals surface area contributed by atoms with Gasteiger partial charge in [-0.3, -0.25) is 44.9 Å². The molecule has 126 heavy (non-hydrogen) atoms. The second kappa shape index (κ2) is 66.2. The summed E-state index contributed by atoms with van der Waals surface area (Å²) in [6.45, 7) is 20.9. The van der Waals surface area contributed by atoms with Gasteiger partial charge < -0.3 is 92.5 Å². The van der Waals surface area contributed by atoms with Crippen LogP contribution in [-0.4, -0.2) is 152 Å². The summed E-state index contributed by atoms with van der Waals surface area (Å²) in [4.78, 5) is 36.5. The van der Waals surface area contributed by atoms with Crippen molar-refractivity contribution < 1.29 is 40.9 Å². The van der Waals surface area contributed by atoms with Gasteiger partial charge in [-0.15, -0.1) is 0 Å². The van der Waals surface area contributed by atoms with Crippen molar-refractivity contribution in [1.82, 2.24) is 0 Å². The highest BCUT2D eigenvalue weighted by atomic mass is 75.9. The summed E-state index contributed by atoms with van der Waals surface area (Å²) in [6, 6.07) is 54.4. The molecule has 0 aliphatic carbocycles. The number of hydrogen-bond acceptors (Lipinski definition) is 17. The molecule has 0 heterocycles. The second-order valence-corrected chi connectivity index (χ2v) is 36.4. The van der Waals surface area contributed by atoms with Crippen molar-refractivity contribution in [2.45, 2.75) is 119 Å². The molecule has 0 aliphatic heterocycles. The van der Waals surface area contributed by atoms with Gasteiger partial charge in [-0.05, 0) is 299 Å². The van der Waals surface area contributed by atoms with Crippen LogP contribution in [0, 0.1) is 0 Å². The van der Waals surface area contributed by atoms with E-state index in [0.717, 1.165) is 110 Å². The molecule has 26 nitrogen and oxygen atoms in total. The van der Waals surface area contributed by atoms with E-state index >= 15 is 0 Å². The minimum Gasteiger partial charge on any atom is -0.508 e. The normalized spacial score (nSPS) is 12.2. The Hall–Kier alpha value is -8.27. The topological polar surface area (TPSA) is 507 Å². The molecule has 9 aromatic carbocycles. The predicted octanol–water partition coefficient (Wildman–Crippen LogP) is 19.3. The summed E-state index contributed by atoms with van der Waals surface area (Å²) in [5.41, 5.74) is 57.5. The van der Waals surface area contributed by atoms with Crippen molar-refractivity contribution in [2.75, 3.05) is 58.9 Å². The molecular weight excluding hydrogens is 2220 g/mol. The minimum atomic E-state index is -0.748. The van der Waals surface area contributed by atoms with Crippen LogP contribution in [0.4, 0.5) is 0 Å². The number of amidine groups is 9. The van der Waals surface area contributed by atoms with Crippen LogP contribution in [0.1, 0.15) is 125 Å². The Balaban J connectivity index is 0.000000709. The summed E-state index contributed by atoms with van der Waals surface area (Å²) >= 11 is 33.4. The van der Waals surface area contributed by atoms with Crippen LogP contribution in [0.5, 0.6) is 34.5 Å². The first-order valence-electron chi connectivity index (χ1n) is 38.9. The lowest BCUT2D eigenvalue weighted by molar-refractivity contribution is 0.186. The van der Waals surface area contributed by atoms with Crippen molar-refractivity contribution in [2.24, 2.45) is 96.5 Å². The van der Waals surface area contributed by atoms with E-state index in [9.17, 15) is 40.9 Å². The number of phenols is 6. The number of phenolic OH excluding ortho intramolecular Hbond substituents is 6. The molecule has 36 heteroatoms. The van der Waals surface area contributed by atoms with Gasteiger partial charge in [-0.25, -0.2) is 0 Å². The minimum absolute atomic E-state index is 0.0944. The Labute approximate surface area is 824 Å². The van der Waals surface area contributed by atoms with E-state index in [2.05, 4.69) is 235 Å². The fraction of sp³-hybridized carbons (Fsp3) is 0.300. The molecule has 26 N–H and O–H groups in total. The zero-order chi connectivity index (χ0) is 95.0. The lowest BCUT2D eigenvalue weighted by Gasteiger charge is -2.09. The Morgan fingerprint density at radius 3 is 1.08 bits per heavy atom. The number of aromatic hydroxyl groups is 6. The molecule has 2 atom stereocenters. The molecule has 0 bridgehead atoms. The number of aliphatic hydroxyl groups excluding tert-OH is 2. The van der Waals surface area contributed by atoms with Gasteiger partial charge >= 0.3 is 0 Å². The fourth-order valence-electron chi connectivity index (χ4n) is 9.80. The highest BCUT2D eigenvalue weighted by Crippen LogP contribution is 2.35. The molecule has 684 valence electrons. The Bertz CT molecular complexity index is 4930. The fourth-order valence-corrected chi connectivity index (χ4v) is 14.3. The molecular formula is C90H116Br10N18O8. The number of rotatable bonds is 27. The van der Waals surface area contributed by atoms with E-state index in [0.29, 0.717) is 118 Å². The van der Waals surface area contributed by atoms with Gasteiger partial charge in [0.1, 0.15) is 23.0 Å². The Kier molecular flexibility index (Phi) is 60.8. The first kappa shape index (κ1) is 116. The first-order valence-corrected chi connectivity index (χ1v) is 46.8. The van der Waals surface area contributed by atoms with Crippen molar-refractivity contribution in [3.8, 4) is 34.5 Å². The van der Waals surface area contributed by atoms with Crippen LogP contribution in [0.25, 0.3) is 0 Å². The van der Waals surface area contributed by atoms with Crippen LogP contribution in [0.2, 0.25) is 0 Å². The van der Waals surface area contributed by atoms with Gasteiger partial charge in [0.15, 0.2) is 11.5 Å². The molecule has 9 aromatic rings. The van der Waals surface area contributed by atoms with Crippen LogP contribution < -0.4 is 51.6 Å². The zero-order valence-electron chi connectivity index (χ0n) is 71.8. The van der Waals surface area contributed by atoms with Crippen LogP contribution in [-0.2, 0) is 44.9 Å². The monoisotopic (exact) mass is 2340 g/mol. The van der Waals surface area contributed by atoms with Gasteiger partial charge in [-0.1, -0.05) is 188 Å². The van der Waals surface area contributed by atoms with E-state index in [1.807, 2.05) is 91.9 Å². The van der Waals surface area contributed by atoms with E-state index < -0.39 is 12.2 Å². The molecule has 0 radical (unpaired) electrons. The van der Waals surface area contributed by atoms with E-state index in [-0.39, 0.29) is 41.0 Å². The SMILES string of the molecule is CC(N)=NCCc1cc(O)cc([76Br])c1.CC(N)=NCCc1cc(O)ccc1[76Br].CC(N)=NCCc1cc([76Br])cc(O)c1O.CC(N)=NCCc1cc([76Br])cc([76Br])c1O.CC(N)=NCCc1ccc([76Br])cc1.CC(N)=NCCc1cccc([76Br])c1.CC(N)=NCCc1ccccc1[76Br].CC(N)=NC[C@H](O)c1ccc([76Br])c(O)c1.CC(N)=NC[C@H](O)c1ccc([76Br])cc1. The number of halogens is 10. The number of hydrogen-bond donors (Lipinski definition) is 17. The van der Waals surface area contributed by atoms with Crippen LogP contribution in [0.15, 0.2) is 266 Å². The third kappa shape index (κ3) is 57.5. The van der Waals surface area contributed by atoms with Gasteiger partial charge in [0.25, 0.3) is 0 Å². The molecule has 0 fully saturated rings. The molecule has 0 aliphatic rings. The molecule has 0 aromatic heterocycles. The molecule has 0 amide bonds.